The summed E-state index contributed by atoms with van der Waals surface area (Å²) in [6.07, 6.45) is 0.795. The largest absolute Gasteiger partial charge is 0.508 e. The summed E-state index contributed by atoms with van der Waals surface area (Å²) in [6.45, 7) is 0. The number of phenols is 2. The van der Waals surface area contributed by atoms with Crippen molar-refractivity contribution in [1.82, 2.24) is 0 Å². The molecule has 3 nitrogen and oxygen atoms in total. The van der Waals surface area contributed by atoms with Crippen molar-refractivity contribution in [3.05, 3.63) is 47.5 Å². The van der Waals surface area contributed by atoms with Crippen LogP contribution in [-0.4, -0.2) is 16.5 Å². The van der Waals surface area contributed by atoms with Gasteiger partial charge >= 0.3 is 0 Å². The van der Waals surface area contributed by atoms with Gasteiger partial charge < -0.3 is 15.0 Å². The zero-order chi connectivity index (χ0) is 12.0. The fraction of sp³-hybridized carbons (Fsp3) is 0.0714. The quantitative estimate of drug-likeness (QED) is 0.734. The van der Waals surface area contributed by atoms with Crippen LogP contribution in [0.15, 0.2) is 36.4 Å². The van der Waals surface area contributed by atoms with Gasteiger partial charge in [0.15, 0.2) is 0 Å². The molecule has 0 radical (unpaired) electrons. The van der Waals surface area contributed by atoms with Crippen molar-refractivity contribution in [3.63, 3.8) is 0 Å². The van der Waals surface area contributed by atoms with E-state index in [1.54, 1.807) is 36.4 Å². The summed E-state index contributed by atoms with van der Waals surface area (Å²) in [5, 5.41) is 19.7. The van der Waals surface area contributed by atoms with Crippen LogP contribution in [0.3, 0.4) is 0 Å². The molecular formula is C14H10O3. The number of rotatable bonds is 1. The second kappa shape index (κ2) is 3.35. The number of hydrogen-bond donors (Lipinski definition) is 2. The van der Waals surface area contributed by atoms with Crippen LogP contribution in [0.2, 0.25) is 0 Å². The first kappa shape index (κ1) is 9.90. The Hall–Kier alpha value is -2.29. The molecule has 0 amide bonds. The van der Waals surface area contributed by atoms with Crippen LogP contribution in [-0.2, 0) is 4.79 Å². The van der Waals surface area contributed by atoms with E-state index in [0.717, 1.165) is 17.4 Å². The van der Waals surface area contributed by atoms with Crippen molar-refractivity contribution in [3.8, 4) is 22.6 Å². The zero-order valence-electron chi connectivity index (χ0n) is 8.92. The van der Waals surface area contributed by atoms with Crippen LogP contribution in [0.4, 0.5) is 0 Å². The molecule has 2 N–H and O–H groups in total. The molecule has 0 aliphatic heterocycles. The van der Waals surface area contributed by atoms with Crippen molar-refractivity contribution in [1.29, 1.82) is 0 Å². The molecule has 2 aromatic rings. The molecule has 17 heavy (non-hydrogen) atoms. The lowest BCUT2D eigenvalue weighted by Gasteiger charge is -2.06. The van der Waals surface area contributed by atoms with Crippen molar-refractivity contribution in [2.75, 3.05) is 0 Å². The molecule has 1 atom stereocenters. The Morgan fingerprint density at radius 1 is 1.00 bits per heavy atom. The third-order valence-electron chi connectivity index (χ3n) is 3.21. The number of carbonyl (C=O) groups is 1. The maximum atomic E-state index is 11.2. The highest BCUT2D eigenvalue weighted by Crippen LogP contribution is 2.50. The van der Waals surface area contributed by atoms with Crippen molar-refractivity contribution in [2.24, 2.45) is 0 Å². The summed E-state index contributed by atoms with van der Waals surface area (Å²) < 4.78 is 0. The van der Waals surface area contributed by atoms with E-state index < -0.39 is 5.92 Å². The maximum absolute atomic E-state index is 11.2. The standard InChI is InChI=1S/C14H10O3/c15-7-10-8-3-1-5-11(16)13(8)9-4-2-6-12(17)14(9)10/h1-7,10,16-17H. The summed E-state index contributed by atoms with van der Waals surface area (Å²) >= 11 is 0. The minimum Gasteiger partial charge on any atom is -0.508 e. The first-order valence-electron chi connectivity index (χ1n) is 5.33. The average Bonchev–Trinajstić information content (AvgIpc) is 2.65. The van der Waals surface area contributed by atoms with E-state index >= 15 is 0 Å². The Labute approximate surface area is 98.0 Å². The van der Waals surface area contributed by atoms with Gasteiger partial charge in [0.25, 0.3) is 0 Å². The predicted octanol–water partition coefficient (Wildman–Crippen LogP) is 2.41. The zero-order valence-corrected chi connectivity index (χ0v) is 8.92. The molecule has 2 aromatic carbocycles. The lowest BCUT2D eigenvalue weighted by molar-refractivity contribution is -0.108. The highest BCUT2D eigenvalue weighted by atomic mass is 16.3. The number of aldehydes is 1. The Bertz CT molecular complexity index is 617. The lowest BCUT2D eigenvalue weighted by Crippen LogP contribution is -1.97. The fourth-order valence-corrected chi connectivity index (χ4v) is 2.50. The van der Waals surface area contributed by atoms with Gasteiger partial charge in [-0.15, -0.1) is 0 Å². The molecule has 0 saturated carbocycles. The topological polar surface area (TPSA) is 57.5 Å². The molecule has 3 heteroatoms. The minimum atomic E-state index is -0.492. The van der Waals surface area contributed by atoms with Crippen molar-refractivity contribution >= 4 is 6.29 Å². The Kier molecular flexibility index (Phi) is 1.95. The van der Waals surface area contributed by atoms with Gasteiger partial charge in [0.2, 0.25) is 0 Å². The monoisotopic (exact) mass is 226 g/mol. The second-order valence-electron chi connectivity index (χ2n) is 4.09. The van der Waals surface area contributed by atoms with Crippen molar-refractivity contribution < 1.29 is 15.0 Å². The van der Waals surface area contributed by atoms with Crippen LogP contribution in [0.5, 0.6) is 11.5 Å². The van der Waals surface area contributed by atoms with Crippen molar-refractivity contribution in [2.45, 2.75) is 5.92 Å². The molecule has 0 saturated heterocycles. The van der Waals surface area contributed by atoms with Crippen LogP contribution < -0.4 is 0 Å². The highest BCUT2D eigenvalue weighted by Gasteiger charge is 2.32. The van der Waals surface area contributed by atoms with Crippen LogP contribution in [0.25, 0.3) is 11.1 Å². The third-order valence-corrected chi connectivity index (χ3v) is 3.21. The molecule has 0 spiro atoms. The summed E-state index contributed by atoms with van der Waals surface area (Å²) in [6, 6.07) is 10.1. The van der Waals surface area contributed by atoms with E-state index in [1.165, 1.54) is 0 Å². The normalized spacial score (nSPS) is 16.4. The molecule has 0 aromatic heterocycles. The van der Waals surface area contributed by atoms with Gasteiger partial charge in [0.1, 0.15) is 17.8 Å². The summed E-state index contributed by atoms with van der Waals surface area (Å²) in [7, 11) is 0. The Balaban J connectivity index is 2.42. The Morgan fingerprint density at radius 2 is 1.71 bits per heavy atom. The smallest absolute Gasteiger partial charge is 0.132 e. The van der Waals surface area contributed by atoms with E-state index in [4.69, 9.17) is 0 Å². The Morgan fingerprint density at radius 3 is 2.47 bits per heavy atom. The second-order valence-corrected chi connectivity index (χ2v) is 4.09. The summed E-state index contributed by atoms with van der Waals surface area (Å²) in [4.78, 5) is 11.2. The van der Waals surface area contributed by atoms with Crippen LogP contribution in [0, 0.1) is 0 Å². The molecule has 1 unspecified atom stereocenters. The average molecular weight is 226 g/mol. The van der Waals surface area contributed by atoms with Gasteiger partial charge in [-0.3, -0.25) is 0 Å². The molecule has 1 aliphatic carbocycles. The van der Waals surface area contributed by atoms with E-state index in [2.05, 4.69) is 0 Å². The summed E-state index contributed by atoms with van der Waals surface area (Å²) in [5.41, 5.74) is 2.71. The molecule has 3 rings (SSSR count). The minimum absolute atomic E-state index is 0.0928. The number of aromatic hydroxyl groups is 2. The highest BCUT2D eigenvalue weighted by molar-refractivity contribution is 5.92. The van der Waals surface area contributed by atoms with Crippen LogP contribution in [0.1, 0.15) is 17.0 Å². The van der Waals surface area contributed by atoms with Crippen LogP contribution >= 0.6 is 0 Å². The molecule has 0 heterocycles. The van der Waals surface area contributed by atoms with E-state index in [-0.39, 0.29) is 11.5 Å². The predicted molar refractivity (Wildman–Crippen MR) is 63.1 cm³/mol. The number of benzene rings is 2. The van der Waals surface area contributed by atoms with E-state index in [1.807, 2.05) is 0 Å². The van der Waals surface area contributed by atoms with Gasteiger partial charge in [0, 0.05) is 11.1 Å². The molecule has 0 bridgehead atoms. The number of phenolic OH excluding ortho intramolecular Hbond substituents is 2. The van der Waals surface area contributed by atoms with E-state index in [9.17, 15) is 15.0 Å². The first-order chi connectivity index (χ1) is 8.24. The van der Waals surface area contributed by atoms with Gasteiger partial charge in [-0.1, -0.05) is 24.3 Å². The SMILES string of the molecule is O=CC1c2cccc(O)c2-c2cccc(O)c21. The van der Waals surface area contributed by atoms with Gasteiger partial charge in [0.05, 0.1) is 5.92 Å². The van der Waals surface area contributed by atoms with E-state index in [0.29, 0.717) is 11.1 Å². The van der Waals surface area contributed by atoms with Gasteiger partial charge in [-0.2, -0.15) is 0 Å². The summed E-state index contributed by atoms with van der Waals surface area (Å²) in [5.74, 6) is -0.262. The van der Waals surface area contributed by atoms with Gasteiger partial charge in [-0.25, -0.2) is 0 Å². The first-order valence-corrected chi connectivity index (χ1v) is 5.33. The number of hydrogen-bond acceptors (Lipinski definition) is 3. The molecule has 0 fully saturated rings. The molecule has 1 aliphatic rings. The number of fused-ring (bicyclic) bond motifs is 3. The lowest BCUT2D eigenvalue weighted by atomic mass is 9.98. The molecular weight excluding hydrogens is 216 g/mol. The maximum Gasteiger partial charge on any atom is 0.132 e. The number of carbonyl (C=O) groups excluding carboxylic acids is 1. The van der Waals surface area contributed by atoms with Gasteiger partial charge in [-0.05, 0) is 23.3 Å². The third kappa shape index (κ3) is 1.19. The fourth-order valence-electron chi connectivity index (χ4n) is 2.50. The molecule has 84 valence electrons.